The van der Waals surface area contributed by atoms with E-state index in [9.17, 15) is 0 Å². The number of anilines is 1. The summed E-state index contributed by atoms with van der Waals surface area (Å²) in [6, 6.07) is 6.20. The first-order valence-corrected chi connectivity index (χ1v) is 6.84. The summed E-state index contributed by atoms with van der Waals surface area (Å²) in [4.78, 5) is 2.15. The van der Waals surface area contributed by atoms with Crippen LogP contribution in [0.3, 0.4) is 0 Å². The van der Waals surface area contributed by atoms with Crippen LogP contribution in [0.25, 0.3) is 0 Å². The first kappa shape index (κ1) is 15.3. The normalized spacial score (nSPS) is 10.7. The number of hydrogen-bond acceptors (Lipinski definition) is 3. The minimum Gasteiger partial charge on any atom is -0.380 e. The molecular weight excluding hydrogens is 248 g/mol. The van der Waals surface area contributed by atoms with E-state index in [0.29, 0.717) is 0 Å². The first-order chi connectivity index (χ1) is 8.69. The Morgan fingerprint density at radius 2 is 2.11 bits per heavy atom. The zero-order valence-electron chi connectivity index (χ0n) is 11.5. The Balaban J connectivity index is 2.59. The third-order valence-electron chi connectivity index (χ3n) is 2.82. The molecule has 0 atom stereocenters. The summed E-state index contributed by atoms with van der Waals surface area (Å²) in [6.45, 7) is 8.23. The third-order valence-corrected chi connectivity index (χ3v) is 3.17. The summed E-state index contributed by atoms with van der Waals surface area (Å²) < 4.78 is 5.35. The lowest BCUT2D eigenvalue weighted by atomic mass is 10.2. The third kappa shape index (κ3) is 4.84. The second-order valence-corrected chi connectivity index (χ2v) is 4.58. The zero-order valence-corrected chi connectivity index (χ0v) is 12.3. The molecule has 102 valence electrons. The molecule has 1 N–H and O–H groups in total. The lowest BCUT2D eigenvalue weighted by Crippen LogP contribution is -2.22. The maximum Gasteiger partial charge on any atom is 0.0641 e. The Morgan fingerprint density at radius 1 is 1.33 bits per heavy atom. The van der Waals surface area contributed by atoms with Crippen molar-refractivity contribution < 1.29 is 4.74 Å². The molecule has 0 heterocycles. The van der Waals surface area contributed by atoms with Crippen molar-refractivity contribution in [1.82, 2.24) is 5.32 Å². The van der Waals surface area contributed by atoms with Gasteiger partial charge >= 0.3 is 0 Å². The molecule has 0 radical (unpaired) electrons. The Labute approximate surface area is 115 Å². The monoisotopic (exact) mass is 270 g/mol. The molecule has 3 nitrogen and oxygen atoms in total. The molecule has 4 heteroatoms. The number of nitrogens with one attached hydrogen (secondary N) is 1. The van der Waals surface area contributed by atoms with Gasteiger partial charge in [-0.3, -0.25) is 0 Å². The van der Waals surface area contributed by atoms with Crippen LogP contribution < -0.4 is 10.2 Å². The van der Waals surface area contributed by atoms with Crippen LogP contribution in [0.2, 0.25) is 5.02 Å². The molecule has 0 aliphatic carbocycles. The van der Waals surface area contributed by atoms with Crippen molar-refractivity contribution in [2.24, 2.45) is 0 Å². The highest BCUT2D eigenvalue weighted by Gasteiger charge is 2.05. The van der Waals surface area contributed by atoms with Gasteiger partial charge in [-0.1, -0.05) is 24.6 Å². The summed E-state index contributed by atoms with van der Waals surface area (Å²) in [6.07, 6.45) is 0. The van der Waals surface area contributed by atoms with Crippen molar-refractivity contribution in [3.8, 4) is 0 Å². The molecule has 0 amide bonds. The van der Waals surface area contributed by atoms with Gasteiger partial charge in [0.1, 0.15) is 0 Å². The van der Waals surface area contributed by atoms with Gasteiger partial charge in [0.2, 0.25) is 0 Å². The Morgan fingerprint density at radius 3 is 2.72 bits per heavy atom. The maximum atomic E-state index is 6.27. The Hall–Kier alpha value is -0.770. The van der Waals surface area contributed by atoms with E-state index in [0.717, 1.165) is 49.1 Å². The van der Waals surface area contributed by atoms with Crippen molar-refractivity contribution in [2.75, 3.05) is 38.3 Å². The quantitative estimate of drug-likeness (QED) is 0.735. The van der Waals surface area contributed by atoms with E-state index >= 15 is 0 Å². The molecule has 0 aliphatic heterocycles. The first-order valence-electron chi connectivity index (χ1n) is 6.47. The van der Waals surface area contributed by atoms with E-state index in [2.05, 4.69) is 36.3 Å². The fourth-order valence-corrected chi connectivity index (χ4v) is 1.89. The highest BCUT2D eigenvalue weighted by atomic mass is 35.5. The van der Waals surface area contributed by atoms with E-state index in [4.69, 9.17) is 16.3 Å². The number of halogens is 1. The molecule has 0 spiro atoms. The maximum absolute atomic E-state index is 6.27. The zero-order chi connectivity index (χ0) is 13.4. The molecule has 0 saturated carbocycles. The van der Waals surface area contributed by atoms with E-state index in [-0.39, 0.29) is 0 Å². The molecule has 1 aromatic carbocycles. The number of hydrogen-bond donors (Lipinski definition) is 1. The van der Waals surface area contributed by atoms with Crippen LogP contribution in [0.5, 0.6) is 0 Å². The van der Waals surface area contributed by atoms with Crippen LogP contribution in [0, 0.1) is 0 Å². The molecule has 0 bridgehead atoms. The Kier molecular flexibility index (Phi) is 7.09. The fraction of sp³-hybridized carbons (Fsp3) is 0.571. The van der Waals surface area contributed by atoms with Gasteiger partial charge in [-0.2, -0.15) is 0 Å². The number of ether oxygens (including phenoxy) is 1. The summed E-state index contributed by atoms with van der Waals surface area (Å²) >= 11 is 6.27. The second kappa shape index (κ2) is 8.35. The van der Waals surface area contributed by atoms with Crippen LogP contribution in [0.1, 0.15) is 19.4 Å². The van der Waals surface area contributed by atoms with E-state index in [1.807, 2.05) is 13.0 Å². The topological polar surface area (TPSA) is 24.5 Å². The van der Waals surface area contributed by atoms with Gasteiger partial charge < -0.3 is 15.0 Å². The molecule has 18 heavy (non-hydrogen) atoms. The van der Waals surface area contributed by atoms with Crippen LogP contribution in [0.4, 0.5) is 5.69 Å². The molecule has 1 aromatic rings. The van der Waals surface area contributed by atoms with Gasteiger partial charge in [-0.25, -0.2) is 0 Å². The Bertz CT molecular complexity index is 358. The SMILES string of the molecule is CCNCc1ccc(N(C)CCOCC)cc1Cl. The minimum absolute atomic E-state index is 0.740. The molecule has 0 saturated heterocycles. The summed E-state index contributed by atoms with van der Waals surface area (Å²) in [7, 11) is 2.05. The van der Waals surface area contributed by atoms with E-state index < -0.39 is 0 Å². The van der Waals surface area contributed by atoms with Crippen LogP contribution in [-0.2, 0) is 11.3 Å². The van der Waals surface area contributed by atoms with Crippen molar-refractivity contribution in [3.63, 3.8) is 0 Å². The lowest BCUT2D eigenvalue weighted by molar-refractivity contribution is 0.154. The van der Waals surface area contributed by atoms with Crippen molar-refractivity contribution >= 4 is 17.3 Å². The van der Waals surface area contributed by atoms with Crippen LogP contribution in [0.15, 0.2) is 18.2 Å². The molecule has 0 fully saturated rings. The van der Waals surface area contributed by atoms with Gasteiger partial charge in [0.15, 0.2) is 0 Å². The average molecular weight is 271 g/mol. The van der Waals surface area contributed by atoms with Crippen LogP contribution >= 0.6 is 11.6 Å². The predicted octanol–water partition coefficient (Wildman–Crippen LogP) is 2.92. The van der Waals surface area contributed by atoms with Gasteiger partial charge in [0.05, 0.1) is 6.61 Å². The summed E-state index contributed by atoms with van der Waals surface area (Å²) in [5.74, 6) is 0. The highest BCUT2D eigenvalue weighted by molar-refractivity contribution is 6.31. The predicted molar refractivity (Wildman–Crippen MR) is 78.6 cm³/mol. The molecule has 0 aliphatic rings. The molecule has 1 rings (SSSR count). The van der Waals surface area contributed by atoms with Gasteiger partial charge in [-0.15, -0.1) is 0 Å². The fourth-order valence-electron chi connectivity index (χ4n) is 1.65. The highest BCUT2D eigenvalue weighted by Crippen LogP contribution is 2.23. The van der Waals surface area contributed by atoms with Crippen LogP contribution in [-0.4, -0.2) is 33.4 Å². The average Bonchev–Trinajstić information content (AvgIpc) is 2.37. The minimum atomic E-state index is 0.740. The number of nitrogens with zero attached hydrogens (tertiary/aromatic N) is 1. The summed E-state index contributed by atoms with van der Waals surface area (Å²) in [5.41, 5.74) is 2.26. The largest absolute Gasteiger partial charge is 0.380 e. The van der Waals surface area contributed by atoms with Crippen molar-refractivity contribution in [1.29, 1.82) is 0 Å². The lowest BCUT2D eigenvalue weighted by Gasteiger charge is -2.20. The van der Waals surface area contributed by atoms with Gasteiger partial charge in [0, 0.05) is 37.5 Å². The molecule has 0 aromatic heterocycles. The number of likely N-dealkylation sites (N-methyl/N-ethyl adjacent to an activating group) is 1. The smallest absolute Gasteiger partial charge is 0.0641 e. The van der Waals surface area contributed by atoms with Crippen molar-refractivity contribution in [3.05, 3.63) is 28.8 Å². The van der Waals surface area contributed by atoms with Gasteiger partial charge in [0.25, 0.3) is 0 Å². The standard InChI is InChI=1S/C14H23ClN2O/c1-4-16-11-12-6-7-13(10-14(12)15)17(3)8-9-18-5-2/h6-7,10,16H,4-5,8-9,11H2,1-3H3. The van der Waals surface area contributed by atoms with Crippen molar-refractivity contribution in [2.45, 2.75) is 20.4 Å². The van der Waals surface area contributed by atoms with Gasteiger partial charge in [-0.05, 0) is 31.2 Å². The molecule has 0 unspecified atom stereocenters. The van der Waals surface area contributed by atoms with E-state index in [1.54, 1.807) is 0 Å². The summed E-state index contributed by atoms with van der Waals surface area (Å²) in [5, 5.41) is 4.09. The van der Waals surface area contributed by atoms with E-state index in [1.165, 1.54) is 0 Å². The molecular formula is C14H23ClN2O. The number of rotatable bonds is 8. The second-order valence-electron chi connectivity index (χ2n) is 4.17. The number of benzene rings is 1.